The second-order valence-corrected chi connectivity index (χ2v) is 5.50. The summed E-state index contributed by atoms with van der Waals surface area (Å²) < 4.78 is 0. The lowest BCUT2D eigenvalue weighted by molar-refractivity contribution is -0.131. The van der Waals surface area contributed by atoms with Crippen LogP contribution in [-0.4, -0.2) is 47.9 Å². The topological polar surface area (TPSA) is 108 Å². The van der Waals surface area contributed by atoms with Crippen molar-refractivity contribution in [3.63, 3.8) is 0 Å². The van der Waals surface area contributed by atoms with Crippen molar-refractivity contribution >= 4 is 23.9 Å². The first-order chi connectivity index (χ1) is 12.0. The Balaban J connectivity index is 1.84. The van der Waals surface area contributed by atoms with Crippen LogP contribution in [-0.2, 0) is 16.0 Å². The van der Waals surface area contributed by atoms with Crippen LogP contribution in [0.4, 0.5) is 9.59 Å². The number of benzene rings is 1. The summed E-state index contributed by atoms with van der Waals surface area (Å²) in [6.07, 6.45) is 2.52. The van der Waals surface area contributed by atoms with E-state index in [0.717, 1.165) is 10.5 Å². The number of hydrogen-bond donors (Lipinski definition) is 3. The molecule has 8 nitrogen and oxygen atoms in total. The molecular weight excluding hydrogens is 324 g/mol. The molecule has 0 aromatic heterocycles. The van der Waals surface area contributed by atoms with Crippen LogP contribution in [0.25, 0.3) is 0 Å². The predicted octanol–water partition coefficient (Wildman–Crippen LogP) is 0.551. The van der Waals surface area contributed by atoms with Crippen LogP contribution in [0.1, 0.15) is 12.0 Å². The van der Waals surface area contributed by atoms with Gasteiger partial charge in [0.25, 0.3) is 5.91 Å². The molecule has 0 radical (unpaired) electrons. The SMILES string of the molecule is C=CCNC(=O)NC(=O)CN1C(=O)N[C@@H](CCc2ccccc2)C1=O. The van der Waals surface area contributed by atoms with Gasteiger partial charge < -0.3 is 10.6 Å². The average molecular weight is 344 g/mol. The van der Waals surface area contributed by atoms with Crippen LogP contribution in [0.5, 0.6) is 0 Å². The van der Waals surface area contributed by atoms with Crippen molar-refractivity contribution in [2.45, 2.75) is 18.9 Å². The van der Waals surface area contributed by atoms with Gasteiger partial charge in [-0.1, -0.05) is 36.4 Å². The lowest BCUT2D eigenvalue weighted by Crippen LogP contribution is -2.46. The molecular formula is C17H20N4O4. The van der Waals surface area contributed by atoms with E-state index in [-0.39, 0.29) is 6.54 Å². The number of amides is 6. The van der Waals surface area contributed by atoms with E-state index in [9.17, 15) is 19.2 Å². The van der Waals surface area contributed by atoms with Gasteiger partial charge in [-0.2, -0.15) is 0 Å². The van der Waals surface area contributed by atoms with E-state index in [1.165, 1.54) is 6.08 Å². The second kappa shape index (κ2) is 8.62. The smallest absolute Gasteiger partial charge is 0.325 e. The van der Waals surface area contributed by atoms with Crippen molar-refractivity contribution in [1.29, 1.82) is 0 Å². The van der Waals surface area contributed by atoms with E-state index in [1.54, 1.807) is 0 Å². The number of carbonyl (C=O) groups is 4. The summed E-state index contributed by atoms with van der Waals surface area (Å²) in [7, 11) is 0. The third-order valence-corrected chi connectivity index (χ3v) is 3.63. The number of aryl methyl sites for hydroxylation is 1. The maximum atomic E-state index is 12.3. The van der Waals surface area contributed by atoms with Gasteiger partial charge in [0.15, 0.2) is 0 Å². The molecule has 2 rings (SSSR count). The van der Waals surface area contributed by atoms with Gasteiger partial charge in [0.1, 0.15) is 12.6 Å². The zero-order chi connectivity index (χ0) is 18.2. The molecule has 1 atom stereocenters. The Bertz CT molecular complexity index is 674. The Kier molecular flexibility index (Phi) is 6.27. The molecule has 1 aliphatic rings. The van der Waals surface area contributed by atoms with Crippen molar-refractivity contribution < 1.29 is 19.2 Å². The Morgan fingerprint density at radius 3 is 2.64 bits per heavy atom. The number of imide groups is 2. The van der Waals surface area contributed by atoms with Crippen LogP contribution < -0.4 is 16.0 Å². The van der Waals surface area contributed by atoms with Gasteiger partial charge in [0, 0.05) is 6.54 Å². The summed E-state index contributed by atoms with van der Waals surface area (Å²) in [5.74, 6) is -1.21. The molecule has 8 heteroatoms. The molecule has 1 aliphatic heterocycles. The molecule has 25 heavy (non-hydrogen) atoms. The molecule has 3 N–H and O–H groups in total. The third-order valence-electron chi connectivity index (χ3n) is 3.63. The Labute approximate surface area is 145 Å². The highest BCUT2D eigenvalue weighted by Crippen LogP contribution is 2.12. The van der Waals surface area contributed by atoms with Crippen LogP contribution in [0, 0.1) is 0 Å². The van der Waals surface area contributed by atoms with Crippen LogP contribution in [0.2, 0.25) is 0 Å². The van der Waals surface area contributed by atoms with Crippen molar-refractivity contribution in [2.75, 3.05) is 13.1 Å². The van der Waals surface area contributed by atoms with E-state index >= 15 is 0 Å². The first kappa shape index (κ1) is 18.2. The van der Waals surface area contributed by atoms with E-state index < -0.39 is 36.5 Å². The fourth-order valence-corrected chi connectivity index (χ4v) is 2.40. The highest BCUT2D eigenvalue weighted by atomic mass is 16.2. The fourth-order valence-electron chi connectivity index (χ4n) is 2.40. The molecule has 1 saturated heterocycles. The van der Waals surface area contributed by atoms with Crippen LogP contribution in [0.15, 0.2) is 43.0 Å². The first-order valence-electron chi connectivity index (χ1n) is 7.85. The highest BCUT2D eigenvalue weighted by molar-refractivity contribution is 6.07. The summed E-state index contributed by atoms with van der Waals surface area (Å²) in [6, 6.07) is 7.56. The molecule has 1 aromatic rings. The third kappa shape index (κ3) is 5.17. The largest absolute Gasteiger partial charge is 0.334 e. The highest BCUT2D eigenvalue weighted by Gasteiger charge is 2.38. The molecule has 1 aromatic carbocycles. The number of urea groups is 2. The van der Waals surface area contributed by atoms with E-state index in [2.05, 4.69) is 17.2 Å². The van der Waals surface area contributed by atoms with Crippen LogP contribution >= 0.6 is 0 Å². The molecule has 0 bridgehead atoms. The maximum absolute atomic E-state index is 12.3. The monoisotopic (exact) mass is 344 g/mol. The maximum Gasteiger partial charge on any atom is 0.325 e. The molecule has 132 valence electrons. The Morgan fingerprint density at radius 2 is 1.96 bits per heavy atom. The zero-order valence-electron chi connectivity index (χ0n) is 13.7. The fraction of sp³-hybridized carbons (Fsp3) is 0.294. The molecule has 6 amide bonds. The van der Waals surface area contributed by atoms with Gasteiger partial charge in [0.2, 0.25) is 5.91 Å². The van der Waals surface area contributed by atoms with Crippen molar-refractivity contribution in [1.82, 2.24) is 20.9 Å². The minimum absolute atomic E-state index is 0.198. The molecule has 0 spiro atoms. The first-order valence-corrected chi connectivity index (χ1v) is 7.85. The van der Waals surface area contributed by atoms with E-state index in [4.69, 9.17) is 0 Å². The lowest BCUT2D eigenvalue weighted by atomic mass is 10.1. The Hall–Kier alpha value is -3.16. The van der Waals surface area contributed by atoms with Crippen molar-refractivity contribution in [2.24, 2.45) is 0 Å². The molecule has 0 saturated carbocycles. The standard InChI is InChI=1S/C17H20N4O4/c1-2-10-18-16(24)20-14(22)11-21-15(23)13(19-17(21)25)9-8-12-6-4-3-5-7-12/h2-7,13H,1,8-11H2,(H,19,25)(H2,18,20,22,24)/t13-/m0/s1. The Morgan fingerprint density at radius 1 is 1.24 bits per heavy atom. The predicted molar refractivity (Wildman–Crippen MR) is 90.5 cm³/mol. The van der Waals surface area contributed by atoms with E-state index in [0.29, 0.717) is 12.8 Å². The van der Waals surface area contributed by atoms with Gasteiger partial charge in [-0.05, 0) is 18.4 Å². The number of carbonyl (C=O) groups excluding carboxylic acids is 4. The number of nitrogens with one attached hydrogen (secondary N) is 3. The lowest BCUT2D eigenvalue weighted by Gasteiger charge is -2.12. The second-order valence-electron chi connectivity index (χ2n) is 5.50. The average Bonchev–Trinajstić information content (AvgIpc) is 2.86. The number of nitrogens with zero attached hydrogens (tertiary/aromatic N) is 1. The summed E-state index contributed by atoms with van der Waals surface area (Å²) >= 11 is 0. The van der Waals surface area contributed by atoms with Crippen LogP contribution in [0.3, 0.4) is 0 Å². The van der Waals surface area contributed by atoms with E-state index in [1.807, 2.05) is 35.6 Å². The molecule has 0 unspecified atom stereocenters. The van der Waals surface area contributed by atoms with Crippen molar-refractivity contribution in [3.8, 4) is 0 Å². The summed E-state index contributed by atoms with van der Waals surface area (Å²) in [6.45, 7) is 3.12. The summed E-state index contributed by atoms with van der Waals surface area (Å²) in [5.41, 5.74) is 1.06. The number of rotatable bonds is 7. The minimum Gasteiger partial charge on any atom is -0.334 e. The van der Waals surface area contributed by atoms with Gasteiger partial charge in [0.05, 0.1) is 0 Å². The van der Waals surface area contributed by atoms with Gasteiger partial charge in [-0.25, -0.2) is 9.59 Å². The molecule has 0 aliphatic carbocycles. The quantitative estimate of drug-likeness (QED) is 0.496. The number of hydrogen-bond acceptors (Lipinski definition) is 4. The van der Waals surface area contributed by atoms with Gasteiger partial charge in [-0.15, -0.1) is 6.58 Å². The normalized spacial score (nSPS) is 16.3. The molecule has 1 fully saturated rings. The zero-order valence-corrected chi connectivity index (χ0v) is 13.7. The van der Waals surface area contributed by atoms with Gasteiger partial charge in [-0.3, -0.25) is 19.8 Å². The van der Waals surface area contributed by atoms with Gasteiger partial charge >= 0.3 is 12.1 Å². The summed E-state index contributed by atoms with van der Waals surface area (Å²) in [4.78, 5) is 48.1. The summed E-state index contributed by atoms with van der Waals surface area (Å²) in [5, 5.41) is 6.97. The minimum atomic E-state index is -0.742. The molecule has 1 heterocycles. The van der Waals surface area contributed by atoms with Crippen molar-refractivity contribution in [3.05, 3.63) is 48.6 Å².